The highest BCUT2D eigenvalue weighted by molar-refractivity contribution is 9.10. The van der Waals surface area contributed by atoms with Crippen molar-refractivity contribution in [3.63, 3.8) is 0 Å². The predicted molar refractivity (Wildman–Crippen MR) is 85.1 cm³/mol. The minimum atomic E-state index is 0.0726. The molecule has 5 heteroatoms. The van der Waals surface area contributed by atoms with Crippen LogP contribution in [0.1, 0.15) is 43.6 Å². The van der Waals surface area contributed by atoms with Crippen LogP contribution in [0.2, 0.25) is 0 Å². The van der Waals surface area contributed by atoms with Crippen LogP contribution in [-0.4, -0.2) is 9.78 Å². The Balaban J connectivity index is 2.10. The molecule has 2 rings (SSSR count). The highest BCUT2D eigenvalue weighted by atomic mass is 79.9. The summed E-state index contributed by atoms with van der Waals surface area (Å²) in [7, 11) is 0. The van der Waals surface area contributed by atoms with Crippen LogP contribution in [0.3, 0.4) is 0 Å². The van der Waals surface area contributed by atoms with E-state index in [9.17, 15) is 0 Å². The van der Waals surface area contributed by atoms with E-state index in [-0.39, 0.29) is 6.04 Å². The average molecular weight is 337 g/mol. The Hall–Kier alpha value is -1.17. The molecule has 108 valence electrons. The van der Waals surface area contributed by atoms with Gasteiger partial charge in [-0.1, -0.05) is 35.0 Å². The van der Waals surface area contributed by atoms with E-state index in [0.717, 1.165) is 28.6 Å². The van der Waals surface area contributed by atoms with Crippen molar-refractivity contribution in [1.29, 1.82) is 0 Å². The van der Waals surface area contributed by atoms with Crippen molar-refractivity contribution in [2.75, 3.05) is 0 Å². The maximum Gasteiger partial charge on any atom is 0.0644 e. The SMILES string of the molecule is CCC(C)n1ccc(CC(NN)c2ccc(Br)cc2)n1. The molecule has 3 N–H and O–H groups in total. The molecule has 0 amide bonds. The number of hydrazine groups is 1. The summed E-state index contributed by atoms with van der Waals surface area (Å²) in [5.74, 6) is 5.69. The first-order chi connectivity index (χ1) is 9.63. The fraction of sp³-hybridized carbons (Fsp3) is 0.400. The van der Waals surface area contributed by atoms with Crippen molar-refractivity contribution in [3.05, 3.63) is 52.3 Å². The zero-order valence-electron chi connectivity index (χ0n) is 11.9. The molecule has 1 aromatic heterocycles. The van der Waals surface area contributed by atoms with Gasteiger partial charge in [0, 0.05) is 23.1 Å². The molecule has 2 unspecified atom stereocenters. The van der Waals surface area contributed by atoms with Gasteiger partial charge >= 0.3 is 0 Å². The average Bonchev–Trinajstić information content (AvgIpc) is 2.93. The van der Waals surface area contributed by atoms with Crippen LogP contribution in [-0.2, 0) is 6.42 Å². The molecule has 0 spiro atoms. The summed E-state index contributed by atoms with van der Waals surface area (Å²) in [4.78, 5) is 0. The molecule has 20 heavy (non-hydrogen) atoms. The van der Waals surface area contributed by atoms with E-state index < -0.39 is 0 Å². The molecule has 0 bridgehead atoms. The van der Waals surface area contributed by atoms with Gasteiger partial charge in [0.2, 0.25) is 0 Å². The second kappa shape index (κ2) is 7.02. The quantitative estimate of drug-likeness (QED) is 0.628. The third-order valence-corrected chi connectivity index (χ3v) is 4.12. The molecule has 4 nitrogen and oxygen atoms in total. The van der Waals surface area contributed by atoms with E-state index in [2.05, 4.69) is 58.5 Å². The lowest BCUT2D eigenvalue weighted by molar-refractivity contribution is 0.467. The van der Waals surface area contributed by atoms with Crippen LogP contribution in [0.5, 0.6) is 0 Å². The van der Waals surface area contributed by atoms with E-state index in [1.165, 1.54) is 0 Å². The van der Waals surface area contributed by atoms with Crippen LogP contribution >= 0.6 is 15.9 Å². The lowest BCUT2D eigenvalue weighted by atomic mass is 10.0. The fourth-order valence-electron chi connectivity index (χ4n) is 2.10. The van der Waals surface area contributed by atoms with E-state index in [0.29, 0.717) is 6.04 Å². The van der Waals surface area contributed by atoms with Crippen molar-refractivity contribution in [1.82, 2.24) is 15.2 Å². The summed E-state index contributed by atoms with van der Waals surface area (Å²) >= 11 is 3.44. The second-order valence-electron chi connectivity index (χ2n) is 5.02. The fourth-order valence-corrected chi connectivity index (χ4v) is 2.36. The Bertz CT molecular complexity index is 535. The normalized spacial score (nSPS) is 14.2. The molecular weight excluding hydrogens is 316 g/mol. The van der Waals surface area contributed by atoms with Crippen LogP contribution in [0.25, 0.3) is 0 Å². The predicted octanol–water partition coefficient (Wildman–Crippen LogP) is 3.36. The summed E-state index contributed by atoms with van der Waals surface area (Å²) in [5, 5.41) is 4.62. The maximum atomic E-state index is 5.69. The van der Waals surface area contributed by atoms with E-state index in [1.54, 1.807) is 0 Å². The molecule has 0 radical (unpaired) electrons. The largest absolute Gasteiger partial charge is 0.271 e. The third-order valence-electron chi connectivity index (χ3n) is 3.59. The standard InChI is InChI=1S/C15H21BrN4/c1-3-11(2)20-9-8-14(19-20)10-15(18-17)12-4-6-13(16)7-5-12/h4-9,11,15,18H,3,10,17H2,1-2H3. The number of aromatic nitrogens is 2. The first kappa shape index (κ1) is 15.2. The summed E-state index contributed by atoms with van der Waals surface area (Å²) in [5.41, 5.74) is 5.09. The van der Waals surface area contributed by atoms with Crippen LogP contribution in [0.15, 0.2) is 41.0 Å². The van der Waals surface area contributed by atoms with Crippen LogP contribution < -0.4 is 11.3 Å². The minimum Gasteiger partial charge on any atom is -0.271 e. The Morgan fingerprint density at radius 1 is 1.30 bits per heavy atom. The molecule has 0 aliphatic rings. The van der Waals surface area contributed by atoms with Gasteiger partial charge in [-0.15, -0.1) is 0 Å². The van der Waals surface area contributed by atoms with Gasteiger partial charge in [0.15, 0.2) is 0 Å². The van der Waals surface area contributed by atoms with Gasteiger partial charge in [-0.3, -0.25) is 16.0 Å². The number of rotatable bonds is 6. The van der Waals surface area contributed by atoms with Crippen molar-refractivity contribution in [2.45, 2.75) is 38.8 Å². The van der Waals surface area contributed by atoms with Crippen LogP contribution in [0.4, 0.5) is 0 Å². The van der Waals surface area contributed by atoms with E-state index >= 15 is 0 Å². The summed E-state index contributed by atoms with van der Waals surface area (Å²) in [6.07, 6.45) is 3.90. The Labute approximate surface area is 128 Å². The van der Waals surface area contributed by atoms with Gasteiger partial charge in [-0.2, -0.15) is 5.10 Å². The molecule has 2 atom stereocenters. The zero-order valence-corrected chi connectivity index (χ0v) is 13.5. The maximum absolute atomic E-state index is 5.69. The van der Waals surface area contributed by atoms with Crippen molar-refractivity contribution < 1.29 is 0 Å². The summed E-state index contributed by atoms with van der Waals surface area (Å²) in [6, 6.07) is 10.8. The lowest BCUT2D eigenvalue weighted by Gasteiger charge is -2.15. The molecule has 1 heterocycles. The third kappa shape index (κ3) is 3.69. The molecule has 0 saturated carbocycles. The van der Waals surface area contributed by atoms with Crippen molar-refractivity contribution >= 4 is 15.9 Å². The highest BCUT2D eigenvalue weighted by Gasteiger charge is 2.13. The van der Waals surface area contributed by atoms with Crippen molar-refractivity contribution in [2.24, 2.45) is 5.84 Å². The Morgan fingerprint density at radius 2 is 2.00 bits per heavy atom. The number of halogens is 1. The monoisotopic (exact) mass is 336 g/mol. The van der Waals surface area contributed by atoms with Gasteiger partial charge < -0.3 is 0 Å². The lowest BCUT2D eigenvalue weighted by Crippen LogP contribution is -2.29. The summed E-state index contributed by atoms with van der Waals surface area (Å²) < 4.78 is 3.09. The summed E-state index contributed by atoms with van der Waals surface area (Å²) in [6.45, 7) is 4.34. The number of hydrogen-bond acceptors (Lipinski definition) is 3. The second-order valence-corrected chi connectivity index (χ2v) is 5.93. The molecule has 0 fully saturated rings. The molecule has 0 aliphatic heterocycles. The Kier molecular flexibility index (Phi) is 5.34. The van der Waals surface area contributed by atoms with Crippen molar-refractivity contribution in [3.8, 4) is 0 Å². The van der Waals surface area contributed by atoms with Crippen LogP contribution in [0, 0.1) is 0 Å². The van der Waals surface area contributed by atoms with E-state index in [1.807, 2.05) is 23.0 Å². The topological polar surface area (TPSA) is 55.9 Å². The number of benzene rings is 1. The van der Waals surface area contributed by atoms with Gasteiger partial charge in [0.1, 0.15) is 0 Å². The number of nitrogens with two attached hydrogens (primary N) is 1. The minimum absolute atomic E-state index is 0.0726. The van der Waals surface area contributed by atoms with Gasteiger partial charge in [-0.05, 0) is 37.1 Å². The first-order valence-corrected chi connectivity index (χ1v) is 7.69. The molecular formula is C15H21BrN4. The molecule has 1 aromatic carbocycles. The van der Waals surface area contributed by atoms with Gasteiger partial charge in [0.05, 0.1) is 11.7 Å². The molecule has 2 aromatic rings. The van der Waals surface area contributed by atoms with Gasteiger partial charge in [-0.25, -0.2) is 0 Å². The number of nitrogens with one attached hydrogen (secondary N) is 1. The highest BCUT2D eigenvalue weighted by Crippen LogP contribution is 2.20. The zero-order chi connectivity index (χ0) is 14.5. The smallest absolute Gasteiger partial charge is 0.0644 e. The Morgan fingerprint density at radius 3 is 2.60 bits per heavy atom. The van der Waals surface area contributed by atoms with Gasteiger partial charge in [0.25, 0.3) is 0 Å². The molecule has 0 saturated heterocycles. The first-order valence-electron chi connectivity index (χ1n) is 6.89. The molecule has 0 aliphatic carbocycles. The number of hydrogen-bond donors (Lipinski definition) is 2. The van der Waals surface area contributed by atoms with E-state index in [4.69, 9.17) is 5.84 Å². The number of nitrogens with zero attached hydrogens (tertiary/aromatic N) is 2.